The summed E-state index contributed by atoms with van der Waals surface area (Å²) < 4.78 is 4.86. The Morgan fingerprint density at radius 1 is 1.39 bits per heavy atom. The Morgan fingerprint density at radius 3 is 2.56 bits per heavy atom. The highest BCUT2D eigenvalue weighted by Gasteiger charge is 2.21. The van der Waals surface area contributed by atoms with E-state index in [9.17, 15) is 9.59 Å². The van der Waals surface area contributed by atoms with Gasteiger partial charge in [-0.2, -0.15) is 0 Å². The number of esters is 1. The van der Waals surface area contributed by atoms with Gasteiger partial charge in [0.15, 0.2) is 0 Å². The van der Waals surface area contributed by atoms with Crippen LogP contribution in [-0.4, -0.2) is 36.5 Å². The largest absolute Gasteiger partial charge is 0.465 e. The molecule has 4 heteroatoms. The number of rotatable bonds is 9. The third-order valence-corrected chi connectivity index (χ3v) is 2.70. The predicted molar refractivity (Wildman–Crippen MR) is 72.1 cm³/mol. The van der Waals surface area contributed by atoms with Crippen LogP contribution in [0.2, 0.25) is 0 Å². The van der Waals surface area contributed by atoms with Crippen molar-refractivity contribution in [2.24, 2.45) is 5.92 Å². The number of hydrogen-bond acceptors (Lipinski definition) is 3. The molecule has 0 aromatic rings. The fraction of sp³-hybridized carbons (Fsp3) is 0.714. The molecule has 0 aromatic heterocycles. The van der Waals surface area contributed by atoms with E-state index in [-0.39, 0.29) is 24.3 Å². The minimum atomic E-state index is -0.365. The average molecular weight is 255 g/mol. The molecule has 0 aliphatic carbocycles. The summed E-state index contributed by atoms with van der Waals surface area (Å²) in [5, 5.41) is 0. The van der Waals surface area contributed by atoms with Gasteiger partial charge in [0.05, 0.1) is 6.61 Å². The van der Waals surface area contributed by atoms with E-state index < -0.39 is 0 Å². The van der Waals surface area contributed by atoms with E-state index in [1.54, 1.807) is 13.0 Å². The van der Waals surface area contributed by atoms with Crippen molar-refractivity contribution in [2.75, 3.05) is 19.7 Å². The summed E-state index contributed by atoms with van der Waals surface area (Å²) in [5.74, 6) is -0.425. The molecule has 4 nitrogen and oxygen atoms in total. The average Bonchev–Trinajstić information content (AvgIpc) is 2.34. The zero-order valence-electron chi connectivity index (χ0n) is 11.8. The first kappa shape index (κ1) is 16.7. The van der Waals surface area contributed by atoms with Crippen molar-refractivity contribution >= 4 is 11.9 Å². The van der Waals surface area contributed by atoms with Gasteiger partial charge in [0.2, 0.25) is 5.91 Å². The van der Waals surface area contributed by atoms with E-state index >= 15 is 0 Å². The van der Waals surface area contributed by atoms with Crippen LogP contribution >= 0.6 is 0 Å². The molecule has 0 fully saturated rings. The lowest BCUT2D eigenvalue weighted by Gasteiger charge is -2.23. The summed E-state index contributed by atoms with van der Waals surface area (Å²) in [7, 11) is 0. The maximum absolute atomic E-state index is 12.1. The molecule has 0 bridgehead atoms. The first-order valence-electron chi connectivity index (χ1n) is 6.62. The first-order valence-corrected chi connectivity index (χ1v) is 6.62. The summed E-state index contributed by atoms with van der Waals surface area (Å²) >= 11 is 0. The van der Waals surface area contributed by atoms with Gasteiger partial charge in [-0.3, -0.25) is 9.59 Å². The molecule has 0 saturated carbocycles. The number of carbonyl (C=O) groups is 2. The van der Waals surface area contributed by atoms with E-state index in [1.165, 1.54) is 4.90 Å². The van der Waals surface area contributed by atoms with Crippen LogP contribution in [0.5, 0.6) is 0 Å². The van der Waals surface area contributed by atoms with Gasteiger partial charge in [0, 0.05) is 12.5 Å². The Labute approximate surface area is 110 Å². The molecular formula is C14H25NO3. The lowest BCUT2D eigenvalue weighted by atomic mass is 10.0. The van der Waals surface area contributed by atoms with Crippen molar-refractivity contribution in [3.8, 4) is 0 Å². The van der Waals surface area contributed by atoms with Crippen LogP contribution in [0.15, 0.2) is 12.7 Å². The lowest BCUT2D eigenvalue weighted by molar-refractivity contribution is -0.149. The fourth-order valence-corrected chi connectivity index (χ4v) is 1.70. The number of unbranched alkanes of at least 4 members (excludes halogenated alkanes) is 1. The van der Waals surface area contributed by atoms with Crippen LogP contribution in [0, 0.1) is 5.92 Å². The van der Waals surface area contributed by atoms with Gasteiger partial charge in [-0.15, -0.1) is 6.58 Å². The molecule has 0 aromatic carbocycles. The van der Waals surface area contributed by atoms with Crippen molar-refractivity contribution in [3.05, 3.63) is 12.7 Å². The normalized spacial score (nSPS) is 11.7. The zero-order valence-corrected chi connectivity index (χ0v) is 11.8. The van der Waals surface area contributed by atoms with Crippen molar-refractivity contribution in [1.82, 2.24) is 4.90 Å². The summed E-state index contributed by atoms with van der Waals surface area (Å²) in [6, 6.07) is 0. The molecule has 0 aliphatic rings. The summed E-state index contributed by atoms with van der Waals surface area (Å²) in [4.78, 5) is 25.1. The number of amides is 1. The molecule has 104 valence electrons. The molecule has 0 N–H and O–H groups in total. The fourth-order valence-electron chi connectivity index (χ4n) is 1.70. The Balaban J connectivity index is 4.42. The Kier molecular flexibility index (Phi) is 8.97. The van der Waals surface area contributed by atoms with Crippen LogP contribution < -0.4 is 0 Å². The van der Waals surface area contributed by atoms with Crippen molar-refractivity contribution in [2.45, 2.75) is 40.0 Å². The van der Waals surface area contributed by atoms with Crippen molar-refractivity contribution < 1.29 is 14.3 Å². The first-order chi connectivity index (χ1) is 8.56. The Bertz CT molecular complexity index is 276. The summed E-state index contributed by atoms with van der Waals surface area (Å²) in [5.41, 5.74) is 0. The van der Waals surface area contributed by atoms with Crippen LogP contribution in [0.3, 0.4) is 0 Å². The SMILES string of the molecule is C=CCN(CC(=O)OCC)C(=O)C(C)CCCC. The maximum Gasteiger partial charge on any atom is 0.325 e. The maximum atomic E-state index is 12.1. The monoisotopic (exact) mass is 255 g/mol. The second kappa shape index (κ2) is 9.68. The summed E-state index contributed by atoms with van der Waals surface area (Å²) in [6.07, 6.45) is 4.57. The smallest absolute Gasteiger partial charge is 0.325 e. The van der Waals surface area contributed by atoms with E-state index in [1.807, 2.05) is 6.92 Å². The van der Waals surface area contributed by atoms with E-state index in [0.717, 1.165) is 19.3 Å². The third-order valence-electron chi connectivity index (χ3n) is 2.70. The number of hydrogen-bond donors (Lipinski definition) is 0. The van der Waals surface area contributed by atoms with E-state index in [0.29, 0.717) is 13.2 Å². The minimum absolute atomic E-state index is 0.00333. The van der Waals surface area contributed by atoms with E-state index in [4.69, 9.17) is 4.74 Å². The highest BCUT2D eigenvalue weighted by molar-refractivity contribution is 5.83. The van der Waals surface area contributed by atoms with Gasteiger partial charge < -0.3 is 9.64 Å². The quantitative estimate of drug-likeness (QED) is 0.469. The lowest BCUT2D eigenvalue weighted by Crippen LogP contribution is -2.39. The second-order valence-corrected chi connectivity index (χ2v) is 4.36. The van der Waals surface area contributed by atoms with E-state index in [2.05, 4.69) is 13.5 Å². The van der Waals surface area contributed by atoms with Gasteiger partial charge in [0.25, 0.3) is 0 Å². The van der Waals surface area contributed by atoms with Gasteiger partial charge in [-0.05, 0) is 13.3 Å². The van der Waals surface area contributed by atoms with Gasteiger partial charge >= 0.3 is 5.97 Å². The number of ether oxygens (including phenoxy) is 1. The molecular weight excluding hydrogens is 230 g/mol. The highest BCUT2D eigenvalue weighted by Crippen LogP contribution is 2.11. The highest BCUT2D eigenvalue weighted by atomic mass is 16.5. The van der Waals surface area contributed by atoms with Crippen molar-refractivity contribution in [3.63, 3.8) is 0 Å². The molecule has 0 radical (unpaired) electrons. The number of carbonyl (C=O) groups excluding carboxylic acids is 2. The third kappa shape index (κ3) is 6.42. The molecule has 0 heterocycles. The van der Waals surface area contributed by atoms with Gasteiger partial charge in [-0.1, -0.05) is 32.8 Å². The van der Waals surface area contributed by atoms with Crippen LogP contribution in [0.1, 0.15) is 40.0 Å². The molecule has 0 aliphatic heterocycles. The molecule has 0 saturated heterocycles. The Hall–Kier alpha value is -1.32. The standard InChI is InChI=1S/C14H25NO3/c1-5-8-9-12(4)14(17)15(10-6-2)11-13(16)18-7-3/h6,12H,2,5,7-11H2,1,3-4H3. The van der Waals surface area contributed by atoms with Gasteiger partial charge in [0.1, 0.15) is 6.54 Å². The zero-order chi connectivity index (χ0) is 14.0. The number of nitrogens with zero attached hydrogens (tertiary/aromatic N) is 1. The summed E-state index contributed by atoms with van der Waals surface area (Å²) in [6.45, 7) is 10.1. The molecule has 1 unspecified atom stereocenters. The molecule has 1 atom stereocenters. The van der Waals surface area contributed by atoms with Gasteiger partial charge in [-0.25, -0.2) is 0 Å². The van der Waals surface area contributed by atoms with Crippen LogP contribution in [-0.2, 0) is 14.3 Å². The second-order valence-electron chi connectivity index (χ2n) is 4.36. The molecule has 0 spiro atoms. The van der Waals surface area contributed by atoms with Crippen LogP contribution in [0.4, 0.5) is 0 Å². The molecule has 18 heavy (non-hydrogen) atoms. The molecule has 0 rings (SSSR count). The van der Waals surface area contributed by atoms with Crippen LogP contribution in [0.25, 0.3) is 0 Å². The topological polar surface area (TPSA) is 46.6 Å². The minimum Gasteiger partial charge on any atom is -0.465 e. The predicted octanol–water partition coefficient (Wildman–Crippen LogP) is 2.39. The Morgan fingerprint density at radius 2 is 2.06 bits per heavy atom. The van der Waals surface area contributed by atoms with Crippen molar-refractivity contribution in [1.29, 1.82) is 0 Å². The molecule has 1 amide bonds.